The average molecular weight is 300 g/mol. The van der Waals surface area contributed by atoms with E-state index in [1.54, 1.807) is 24.5 Å². The monoisotopic (exact) mass is 300 g/mol. The predicted molar refractivity (Wildman–Crippen MR) is 79.0 cm³/mol. The number of nitro benzene ring substituents is 1. The second-order valence-electron chi connectivity index (χ2n) is 5.38. The molecule has 1 amide bonds. The minimum Gasteiger partial charge on any atom is -0.351 e. The van der Waals surface area contributed by atoms with Gasteiger partial charge >= 0.3 is 0 Å². The number of hydrogen-bond acceptors (Lipinski definition) is 4. The van der Waals surface area contributed by atoms with Gasteiger partial charge in [-0.05, 0) is 12.8 Å². The van der Waals surface area contributed by atoms with E-state index < -0.39 is 4.92 Å². The van der Waals surface area contributed by atoms with Gasteiger partial charge in [-0.15, -0.1) is 0 Å². The maximum atomic E-state index is 12.3. The van der Waals surface area contributed by atoms with Gasteiger partial charge in [-0.1, -0.05) is 18.2 Å². The zero-order chi connectivity index (χ0) is 15.5. The first-order valence-corrected chi connectivity index (χ1v) is 7.14. The lowest BCUT2D eigenvalue weighted by molar-refractivity contribution is -0.385. The van der Waals surface area contributed by atoms with Gasteiger partial charge in [0, 0.05) is 36.6 Å². The van der Waals surface area contributed by atoms with Gasteiger partial charge in [-0.2, -0.15) is 0 Å². The number of nitrogens with zero attached hydrogens (tertiary/aromatic N) is 3. The Morgan fingerprint density at radius 1 is 1.45 bits per heavy atom. The van der Waals surface area contributed by atoms with Crippen LogP contribution in [0.3, 0.4) is 0 Å². The number of aryl methyl sites for hydroxylation is 1. The number of carbonyl (C=O) groups is 1. The van der Waals surface area contributed by atoms with E-state index >= 15 is 0 Å². The van der Waals surface area contributed by atoms with E-state index in [0.717, 1.165) is 18.5 Å². The maximum absolute atomic E-state index is 12.3. The summed E-state index contributed by atoms with van der Waals surface area (Å²) in [5, 5.41) is 13.8. The molecule has 1 N–H and O–H groups in total. The van der Waals surface area contributed by atoms with E-state index in [4.69, 9.17) is 0 Å². The largest absolute Gasteiger partial charge is 0.351 e. The van der Waals surface area contributed by atoms with Crippen LogP contribution in [0.1, 0.15) is 17.7 Å². The summed E-state index contributed by atoms with van der Waals surface area (Å²) in [6, 6.07) is 6.45. The summed E-state index contributed by atoms with van der Waals surface area (Å²) < 4.78 is 1.98. The number of para-hydroxylation sites is 1. The standard InChI is InChI=1S/C15H16N4O3/c20-15(12-5-6-13-8-16-10-18(13)9-12)17-7-11-3-1-2-4-14(11)19(21)22/h1-4,8,10,12H,5-7,9H2,(H,17,20). The van der Waals surface area contributed by atoms with Crippen molar-refractivity contribution >= 4 is 11.6 Å². The Balaban J connectivity index is 1.63. The third-order valence-electron chi connectivity index (χ3n) is 3.98. The Morgan fingerprint density at radius 2 is 2.27 bits per heavy atom. The Bertz CT molecular complexity index is 710. The third-order valence-corrected chi connectivity index (χ3v) is 3.98. The van der Waals surface area contributed by atoms with E-state index in [1.165, 1.54) is 6.07 Å². The molecule has 22 heavy (non-hydrogen) atoms. The summed E-state index contributed by atoms with van der Waals surface area (Å²) in [6.07, 6.45) is 5.15. The van der Waals surface area contributed by atoms with Gasteiger partial charge in [0.15, 0.2) is 0 Å². The van der Waals surface area contributed by atoms with E-state index in [-0.39, 0.29) is 24.1 Å². The van der Waals surface area contributed by atoms with Crippen molar-refractivity contribution in [1.29, 1.82) is 0 Å². The summed E-state index contributed by atoms with van der Waals surface area (Å²) in [5.74, 6) is -0.193. The normalized spacial score (nSPS) is 16.8. The summed E-state index contributed by atoms with van der Waals surface area (Å²) in [4.78, 5) is 26.9. The minimum atomic E-state index is -0.431. The van der Waals surface area contributed by atoms with Crippen LogP contribution in [0.4, 0.5) is 5.69 Å². The molecule has 0 spiro atoms. The molecular formula is C15H16N4O3. The first kappa shape index (κ1) is 14.2. The van der Waals surface area contributed by atoms with Crippen LogP contribution in [0, 0.1) is 16.0 Å². The summed E-state index contributed by atoms with van der Waals surface area (Å²) in [7, 11) is 0. The molecule has 1 aliphatic heterocycles. The molecule has 2 heterocycles. The van der Waals surface area contributed by atoms with Crippen LogP contribution in [0.5, 0.6) is 0 Å². The molecule has 0 saturated carbocycles. The number of benzene rings is 1. The van der Waals surface area contributed by atoms with Crippen molar-refractivity contribution in [3.8, 4) is 0 Å². The average Bonchev–Trinajstić information content (AvgIpc) is 3.00. The Labute approximate surface area is 127 Å². The first-order chi connectivity index (χ1) is 10.6. The molecule has 1 aromatic heterocycles. The topological polar surface area (TPSA) is 90.1 Å². The number of hydrogen-bond donors (Lipinski definition) is 1. The van der Waals surface area contributed by atoms with E-state index in [2.05, 4.69) is 10.3 Å². The molecule has 0 saturated heterocycles. The Morgan fingerprint density at radius 3 is 3.09 bits per heavy atom. The van der Waals surface area contributed by atoms with Gasteiger partial charge in [-0.3, -0.25) is 14.9 Å². The molecule has 1 aliphatic rings. The molecule has 1 aromatic carbocycles. The minimum absolute atomic E-state index is 0.0309. The molecule has 7 heteroatoms. The summed E-state index contributed by atoms with van der Waals surface area (Å²) in [5.41, 5.74) is 1.69. The fourth-order valence-electron chi connectivity index (χ4n) is 2.75. The van der Waals surface area contributed by atoms with E-state index in [0.29, 0.717) is 12.1 Å². The molecule has 1 atom stereocenters. The van der Waals surface area contributed by atoms with Crippen molar-refractivity contribution in [2.24, 2.45) is 5.92 Å². The van der Waals surface area contributed by atoms with Crippen molar-refractivity contribution in [3.63, 3.8) is 0 Å². The lowest BCUT2D eigenvalue weighted by atomic mass is 9.97. The molecule has 3 rings (SSSR count). The molecule has 0 radical (unpaired) electrons. The van der Waals surface area contributed by atoms with Gasteiger partial charge in [0.1, 0.15) is 0 Å². The lowest BCUT2D eigenvalue weighted by Crippen LogP contribution is -2.35. The fourth-order valence-corrected chi connectivity index (χ4v) is 2.75. The number of nitrogens with one attached hydrogen (secondary N) is 1. The SMILES string of the molecule is O=C(NCc1ccccc1[N+](=O)[O-])C1CCc2cncn2C1. The maximum Gasteiger partial charge on any atom is 0.274 e. The van der Waals surface area contributed by atoms with Crippen molar-refractivity contribution in [2.75, 3.05) is 0 Å². The van der Waals surface area contributed by atoms with Gasteiger partial charge in [-0.25, -0.2) is 4.98 Å². The first-order valence-electron chi connectivity index (χ1n) is 7.14. The zero-order valence-electron chi connectivity index (χ0n) is 11.9. The number of rotatable bonds is 4. The Kier molecular flexibility index (Phi) is 3.86. The highest BCUT2D eigenvalue weighted by Gasteiger charge is 2.24. The second-order valence-corrected chi connectivity index (χ2v) is 5.38. The van der Waals surface area contributed by atoms with Crippen LogP contribution in [-0.2, 0) is 24.3 Å². The fraction of sp³-hybridized carbons (Fsp3) is 0.333. The molecule has 114 valence electrons. The lowest BCUT2D eigenvalue weighted by Gasteiger charge is -2.23. The van der Waals surface area contributed by atoms with Crippen LogP contribution >= 0.6 is 0 Å². The highest BCUT2D eigenvalue weighted by atomic mass is 16.6. The number of fused-ring (bicyclic) bond motifs is 1. The molecule has 0 aliphatic carbocycles. The van der Waals surface area contributed by atoms with Crippen molar-refractivity contribution in [3.05, 3.63) is 58.2 Å². The van der Waals surface area contributed by atoms with Crippen molar-refractivity contribution in [1.82, 2.24) is 14.9 Å². The Hall–Kier alpha value is -2.70. The van der Waals surface area contributed by atoms with Gasteiger partial charge in [0.25, 0.3) is 5.69 Å². The van der Waals surface area contributed by atoms with Gasteiger partial charge in [0.05, 0.1) is 17.2 Å². The number of nitro groups is 1. The van der Waals surface area contributed by atoms with E-state index in [9.17, 15) is 14.9 Å². The van der Waals surface area contributed by atoms with Crippen molar-refractivity contribution < 1.29 is 9.72 Å². The van der Waals surface area contributed by atoms with Crippen LogP contribution in [0.25, 0.3) is 0 Å². The smallest absolute Gasteiger partial charge is 0.274 e. The molecule has 2 aromatic rings. The van der Waals surface area contributed by atoms with Gasteiger partial charge < -0.3 is 9.88 Å². The molecule has 0 fully saturated rings. The molecule has 0 bridgehead atoms. The van der Waals surface area contributed by atoms with Crippen LogP contribution < -0.4 is 5.32 Å². The van der Waals surface area contributed by atoms with E-state index in [1.807, 2.05) is 10.8 Å². The molecule has 1 unspecified atom stereocenters. The number of imidazole rings is 1. The van der Waals surface area contributed by atoms with Crippen LogP contribution in [0.2, 0.25) is 0 Å². The number of amides is 1. The summed E-state index contributed by atoms with van der Waals surface area (Å²) in [6.45, 7) is 0.779. The summed E-state index contributed by atoms with van der Waals surface area (Å²) >= 11 is 0. The van der Waals surface area contributed by atoms with Crippen LogP contribution in [0.15, 0.2) is 36.8 Å². The number of aromatic nitrogens is 2. The highest BCUT2D eigenvalue weighted by Crippen LogP contribution is 2.21. The van der Waals surface area contributed by atoms with Crippen molar-refractivity contribution in [2.45, 2.75) is 25.9 Å². The third kappa shape index (κ3) is 2.83. The van der Waals surface area contributed by atoms with Gasteiger partial charge in [0.2, 0.25) is 5.91 Å². The molecule has 7 nitrogen and oxygen atoms in total. The second kappa shape index (κ2) is 5.97. The zero-order valence-corrected chi connectivity index (χ0v) is 11.9. The van der Waals surface area contributed by atoms with Crippen LogP contribution in [-0.4, -0.2) is 20.4 Å². The number of carbonyl (C=O) groups excluding carboxylic acids is 1. The quantitative estimate of drug-likeness (QED) is 0.687. The predicted octanol–water partition coefficient (Wildman–Crippen LogP) is 1.67. The molecular weight excluding hydrogens is 284 g/mol. The highest BCUT2D eigenvalue weighted by molar-refractivity contribution is 5.78.